The molecule has 0 aliphatic carbocycles. The van der Waals surface area contributed by atoms with Gasteiger partial charge in [0.05, 0.1) is 36.3 Å². The first kappa shape index (κ1) is 23.8. The van der Waals surface area contributed by atoms with Crippen LogP contribution in [-0.4, -0.2) is 39.1 Å². The van der Waals surface area contributed by atoms with Gasteiger partial charge in [0.1, 0.15) is 5.15 Å². The first-order chi connectivity index (χ1) is 17.4. The zero-order valence-corrected chi connectivity index (χ0v) is 20.7. The van der Waals surface area contributed by atoms with Crippen molar-refractivity contribution in [3.05, 3.63) is 88.6 Å². The second-order valence-corrected chi connectivity index (χ2v) is 9.17. The number of carbonyl (C=O) groups excluding carboxylic acids is 1. The Balaban J connectivity index is 1.48. The van der Waals surface area contributed by atoms with Gasteiger partial charge in [0.15, 0.2) is 11.5 Å². The topological polar surface area (TPSA) is 116 Å². The van der Waals surface area contributed by atoms with Crippen LogP contribution >= 0.6 is 11.6 Å². The number of halogens is 1. The average Bonchev–Trinajstić information content (AvgIpc) is 2.83. The summed E-state index contributed by atoms with van der Waals surface area (Å²) in [7, 11) is 0. The number of nitrogen functional groups attached to an aromatic ring is 1. The lowest BCUT2D eigenvalue weighted by Gasteiger charge is -2.26. The van der Waals surface area contributed by atoms with Gasteiger partial charge in [0, 0.05) is 28.9 Å². The van der Waals surface area contributed by atoms with E-state index in [0.717, 1.165) is 35.7 Å². The summed E-state index contributed by atoms with van der Waals surface area (Å²) in [5.41, 5.74) is 11.4. The Bertz CT molecular complexity index is 1390. The van der Waals surface area contributed by atoms with Crippen molar-refractivity contribution in [3.63, 3.8) is 0 Å². The van der Waals surface area contributed by atoms with Gasteiger partial charge in [-0.1, -0.05) is 48.0 Å². The second kappa shape index (κ2) is 10.0. The van der Waals surface area contributed by atoms with Crippen molar-refractivity contribution in [2.75, 3.05) is 18.9 Å². The van der Waals surface area contributed by atoms with Crippen molar-refractivity contribution in [1.29, 1.82) is 0 Å². The van der Waals surface area contributed by atoms with Gasteiger partial charge in [-0.05, 0) is 37.6 Å². The van der Waals surface area contributed by atoms with Crippen molar-refractivity contribution >= 4 is 23.3 Å². The van der Waals surface area contributed by atoms with Crippen molar-refractivity contribution < 1.29 is 9.53 Å². The van der Waals surface area contributed by atoms with E-state index in [1.807, 2.05) is 68.6 Å². The summed E-state index contributed by atoms with van der Waals surface area (Å²) in [6, 6.07) is 16.7. The lowest BCUT2D eigenvalue weighted by Crippen LogP contribution is -2.29. The van der Waals surface area contributed by atoms with Crippen LogP contribution in [0.5, 0.6) is 0 Å². The number of pyridine rings is 2. The first-order valence-electron chi connectivity index (χ1n) is 11.6. The number of carbonyl (C=O) groups is 1. The van der Waals surface area contributed by atoms with E-state index in [1.54, 1.807) is 6.07 Å². The number of nitrogens with one attached hydrogen (secondary N) is 1. The molecule has 1 atom stereocenters. The van der Waals surface area contributed by atoms with E-state index in [2.05, 4.69) is 25.3 Å². The summed E-state index contributed by atoms with van der Waals surface area (Å²) < 4.78 is 5.25. The maximum atomic E-state index is 13.3. The van der Waals surface area contributed by atoms with Crippen molar-refractivity contribution in [2.45, 2.75) is 25.8 Å². The zero-order valence-electron chi connectivity index (χ0n) is 19.9. The molecule has 1 aliphatic heterocycles. The van der Waals surface area contributed by atoms with E-state index in [9.17, 15) is 4.79 Å². The molecule has 0 bridgehead atoms. The Morgan fingerprint density at radius 2 is 1.81 bits per heavy atom. The van der Waals surface area contributed by atoms with Crippen molar-refractivity contribution in [1.82, 2.24) is 25.3 Å². The molecule has 4 heterocycles. The third kappa shape index (κ3) is 4.91. The monoisotopic (exact) mass is 500 g/mol. The third-order valence-electron chi connectivity index (χ3n) is 6.09. The van der Waals surface area contributed by atoms with Crippen molar-refractivity contribution in [2.24, 2.45) is 0 Å². The Morgan fingerprint density at radius 3 is 2.44 bits per heavy atom. The molecule has 0 saturated carbocycles. The number of rotatable bonds is 6. The quantitative estimate of drug-likeness (QED) is 0.367. The van der Waals surface area contributed by atoms with Crippen LogP contribution in [0, 0.1) is 6.92 Å². The number of anilines is 1. The summed E-state index contributed by atoms with van der Waals surface area (Å²) in [6.45, 7) is 5.14. The van der Waals surface area contributed by atoms with Crippen LogP contribution in [0.25, 0.3) is 22.5 Å². The highest BCUT2D eigenvalue weighted by molar-refractivity contribution is 6.29. The van der Waals surface area contributed by atoms with Gasteiger partial charge in [-0.2, -0.15) is 0 Å². The number of ether oxygens (including phenoxy) is 1. The normalized spacial score (nSPS) is 14.2. The molecule has 1 unspecified atom stereocenters. The number of aromatic nitrogens is 4. The minimum absolute atomic E-state index is 0.0327. The average molecular weight is 501 g/mol. The molecule has 1 aromatic carbocycles. The molecule has 1 fully saturated rings. The van der Waals surface area contributed by atoms with Crippen LogP contribution < -0.4 is 11.1 Å². The fourth-order valence-corrected chi connectivity index (χ4v) is 4.31. The summed E-state index contributed by atoms with van der Waals surface area (Å²) in [6.07, 6.45) is 1.83. The lowest BCUT2D eigenvalue weighted by atomic mass is 9.99. The third-order valence-corrected chi connectivity index (χ3v) is 6.28. The lowest BCUT2D eigenvalue weighted by molar-refractivity contribution is 0.00827. The Morgan fingerprint density at radius 1 is 1.06 bits per heavy atom. The fraction of sp³-hybridized carbons (Fsp3) is 0.222. The van der Waals surface area contributed by atoms with E-state index >= 15 is 0 Å². The van der Waals surface area contributed by atoms with Crippen molar-refractivity contribution in [3.8, 4) is 22.5 Å². The molecule has 1 aliphatic rings. The molecule has 0 radical (unpaired) electrons. The standard InChI is InChI=1S/C27H25ClN6O2/c1-15-10-19(11-22(28)31-15)24-23(17-6-4-3-5-7-17)34-26(29)25(33-24)27(35)32-16(2)21-9-8-18(12-30-21)20-13-36-14-20/h3-12,16,20H,13-14H2,1-2H3,(H2,29,34)(H,32,35). The highest BCUT2D eigenvalue weighted by Gasteiger charge is 2.23. The van der Waals surface area contributed by atoms with Gasteiger partial charge >= 0.3 is 0 Å². The molecule has 4 aromatic rings. The molecule has 36 heavy (non-hydrogen) atoms. The van der Waals surface area contributed by atoms with Crippen LogP contribution in [0.1, 0.15) is 46.3 Å². The molecule has 8 nitrogen and oxygen atoms in total. The number of hydrogen-bond acceptors (Lipinski definition) is 7. The van der Waals surface area contributed by atoms with Gasteiger partial charge in [-0.3, -0.25) is 9.78 Å². The SMILES string of the molecule is Cc1cc(-c2nc(C(=O)NC(C)c3ccc(C4COC4)cn3)c(N)nc2-c2ccccc2)cc(Cl)n1. The predicted octanol–water partition coefficient (Wildman–Crippen LogP) is 4.75. The Hall–Kier alpha value is -3.88. The summed E-state index contributed by atoms with van der Waals surface area (Å²) >= 11 is 6.23. The maximum absolute atomic E-state index is 13.3. The van der Waals surface area contributed by atoms with Gasteiger partial charge in [-0.15, -0.1) is 0 Å². The number of nitrogens with zero attached hydrogens (tertiary/aromatic N) is 4. The second-order valence-electron chi connectivity index (χ2n) is 8.79. The molecule has 0 spiro atoms. The Labute approximate surface area is 213 Å². The van der Waals surface area contributed by atoms with E-state index in [4.69, 9.17) is 22.1 Å². The molecule has 5 rings (SSSR count). The molecular weight excluding hydrogens is 476 g/mol. The van der Waals surface area contributed by atoms with Gasteiger partial charge in [0.25, 0.3) is 5.91 Å². The molecular formula is C27H25ClN6O2. The van der Waals surface area contributed by atoms with E-state index < -0.39 is 5.91 Å². The molecule has 3 aromatic heterocycles. The van der Waals surface area contributed by atoms with Gasteiger partial charge in [0.2, 0.25) is 0 Å². The number of nitrogens with two attached hydrogens (primary N) is 1. The van der Waals surface area contributed by atoms with Crippen LogP contribution in [0.3, 0.4) is 0 Å². The minimum Gasteiger partial charge on any atom is -0.382 e. The largest absolute Gasteiger partial charge is 0.382 e. The fourth-order valence-electron chi connectivity index (χ4n) is 4.06. The summed E-state index contributed by atoms with van der Waals surface area (Å²) in [5, 5.41) is 3.27. The number of benzene rings is 1. The zero-order chi connectivity index (χ0) is 25.2. The molecule has 3 N–H and O–H groups in total. The van der Waals surface area contributed by atoms with Crippen LogP contribution in [0.4, 0.5) is 5.82 Å². The number of amides is 1. The van der Waals surface area contributed by atoms with Gasteiger partial charge < -0.3 is 15.8 Å². The van der Waals surface area contributed by atoms with Crippen LogP contribution in [-0.2, 0) is 4.74 Å². The van der Waals surface area contributed by atoms with E-state index in [0.29, 0.717) is 28.0 Å². The minimum atomic E-state index is -0.441. The molecule has 9 heteroatoms. The highest BCUT2D eigenvalue weighted by atomic mass is 35.5. The molecule has 182 valence electrons. The first-order valence-corrected chi connectivity index (χ1v) is 12.0. The summed E-state index contributed by atoms with van der Waals surface area (Å²) in [4.78, 5) is 31.3. The van der Waals surface area contributed by atoms with E-state index in [-0.39, 0.29) is 17.6 Å². The van der Waals surface area contributed by atoms with Gasteiger partial charge in [-0.25, -0.2) is 15.0 Å². The molecule has 1 saturated heterocycles. The smallest absolute Gasteiger partial charge is 0.274 e. The Kier molecular flexibility index (Phi) is 6.63. The predicted molar refractivity (Wildman–Crippen MR) is 139 cm³/mol. The van der Waals surface area contributed by atoms with Crippen LogP contribution in [0.15, 0.2) is 60.8 Å². The highest BCUT2D eigenvalue weighted by Crippen LogP contribution is 2.32. The van der Waals surface area contributed by atoms with E-state index in [1.165, 1.54) is 0 Å². The molecule has 1 amide bonds. The van der Waals surface area contributed by atoms with Crippen LogP contribution in [0.2, 0.25) is 5.15 Å². The number of hydrogen-bond donors (Lipinski definition) is 2. The summed E-state index contributed by atoms with van der Waals surface area (Å²) in [5.74, 6) is -0.0191. The number of aryl methyl sites for hydroxylation is 1. The maximum Gasteiger partial charge on any atom is 0.274 e.